The Morgan fingerprint density at radius 2 is 1.73 bits per heavy atom. The summed E-state index contributed by atoms with van der Waals surface area (Å²) >= 11 is 0. The molecule has 0 aromatic heterocycles. The fourth-order valence-corrected chi connectivity index (χ4v) is 2.22. The molecule has 1 rings (SSSR count). The van der Waals surface area contributed by atoms with Crippen molar-refractivity contribution >= 4 is 17.8 Å². The van der Waals surface area contributed by atoms with Gasteiger partial charge in [-0.2, -0.15) is 0 Å². The average Bonchev–Trinajstić information content (AvgIpc) is 2.50. The number of hydrogen-bond donors (Lipinski definition) is 0. The van der Waals surface area contributed by atoms with Crippen LogP contribution in [0, 0.1) is 0 Å². The Labute approximate surface area is 133 Å². The molecule has 0 unspecified atom stereocenters. The van der Waals surface area contributed by atoms with Gasteiger partial charge < -0.3 is 4.74 Å². The third-order valence-electron chi connectivity index (χ3n) is 3.48. The summed E-state index contributed by atoms with van der Waals surface area (Å²) in [5.41, 5.74) is 2.22. The number of ether oxygens (including phenoxy) is 1. The van der Waals surface area contributed by atoms with Crippen LogP contribution in [0.25, 0.3) is 6.08 Å². The van der Waals surface area contributed by atoms with Gasteiger partial charge in [0, 0.05) is 0 Å². The van der Waals surface area contributed by atoms with Gasteiger partial charge in [0.15, 0.2) is 5.78 Å². The molecular formula is C19H26O3. The van der Waals surface area contributed by atoms with Gasteiger partial charge >= 0.3 is 5.97 Å². The van der Waals surface area contributed by atoms with Gasteiger partial charge in [0.2, 0.25) is 0 Å². The molecule has 0 aliphatic carbocycles. The highest BCUT2D eigenvalue weighted by Crippen LogP contribution is 2.13. The number of unbranched alkanes of at least 4 members (excludes halogenated alkanes) is 3. The SMILES string of the molecule is CCCCCCc1ccc(/C=C(\C(C)=O)C(=O)OCC)cc1. The van der Waals surface area contributed by atoms with Crippen LogP contribution in [0.1, 0.15) is 57.6 Å². The van der Waals surface area contributed by atoms with Crippen LogP contribution in [-0.4, -0.2) is 18.4 Å². The van der Waals surface area contributed by atoms with Crippen LogP contribution < -0.4 is 0 Å². The monoisotopic (exact) mass is 302 g/mol. The van der Waals surface area contributed by atoms with Gasteiger partial charge in [0.05, 0.1) is 6.61 Å². The first-order valence-electron chi connectivity index (χ1n) is 8.07. The number of esters is 1. The summed E-state index contributed by atoms with van der Waals surface area (Å²) in [5, 5.41) is 0. The maximum absolute atomic E-state index is 11.7. The van der Waals surface area contributed by atoms with E-state index in [-0.39, 0.29) is 18.0 Å². The van der Waals surface area contributed by atoms with Crippen molar-refractivity contribution in [2.24, 2.45) is 0 Å². The van der Waals surface area contributed by atoms with Crippen LogP contribution in [-0.2, 0) is 20.7 Å². The van der Waals surface area contributed by atoms with Gasteiger partial charge in [0.25, 0.3) is 0 Å². The van der Waals surface area contributed by atoms with E-state index in [0.717, 1.165) is 12.0 Å². The van der Waals surface area contributed by atoms with E-state index in [1.54, 1.807) is 13.0 Å². The molecule has 0 aliphatic rings. The molecular weight excluding hydrogens is 276 g/mol. The Morgan fingerprint density at radius 1 is 1.05 bits per heavy atom. The fourth-order valence-electron chi connectivity index (χ4n) is 2.22. The van der Waals surface area contributed by atoms with Crippen LogP contribution in [0.15, 0.2) is 29.8 Å². The van der Waals surface area contributed by atoms with Gasteiger partial charge in [-0.1, -0.05) is 50.5 Å². The second-order valence-corrected chi connectivity index (χ2v) is 5.39. The zero-order valence-corrected chi connectivity index (χ0v) is 13.9. The van der Waals surface area contributed by atoms with E-state index in [1.165, 1.54) is 38.2 Å². The Bertz CT molecular complexity index is 512. The molecule has 1 aromatic rings. The number of hydrogen-bond acceptors (Lipinski definition) is 3. The van der Waals surface area contributed by atoms with Crippen LogP contribution >= 0.6 is 0 Å². The molecule has 0 spiro atoms. The summed E-state index contributed by atoms with van der Waals surface area (Å²) in [7, 11) is 0. The summed E-state index contributed by atoms with van der Waals surface area (Å²) < 4.78 is 4.91. The summed E-state index contributed by atoms with van der Waals surface area (Å²) in [4.78, 5) is 23.3. The molecule has 0 saturated carbocycles. The van der Waals surface area contributed by atoms with Crippen molar-refractivity contribution in [3.05, 3.63) is 41.0 Å². The zero-order chi connectivity index (χ0) is 16.4. The highest BCUT2D eigenvalue weighted by Gasteiger charge is 2.15. The van der Waals surface area contributed by atoms with Crippen LogP contribution in [0.5, 0.6) is 0 Å². The first kappa shape index (κ1) is 18.1. The lowest BCUT2D eigenvalue weighted by atomic mass is 10.0. The number of carbonyl (C=O) groups is 2. The van der Waals surface area contributed by atoms with Crippen molar-refractivity contribution < 1.29 is 14.3 Å². The maximum Gasteiger partial charge on any atom is 0.341 e. The molecule has 0 heterocycles. The first-order valence-corrected chi connectivity index (χ1v) is 8.07. The van der Waals surface area contributed by atoms with Crippen molar-refractivity contribution in [1.29, 1.82) is 0 Å². The molecule has 0 saturated heterocycles. The van der Waals surface area contributed by atoms with E-state index in [9.17, 15) is 9.59 Å². The van der Waals surface area contributed by atoms with Crippen molar-refractivity contribution in [2.45, 2.75) is 52.9 Å². The van der Waals surface area contributed by atoms with Gasteiger partial charge in [0.1, 0.15) is 5.57 Å². The van der Waals surface area contributed by atoms with Gasteiger partial charge in [-0.25, -0.2) is 4.79 Å². The lowest BCUT2D eigenvalue weighted by Crippen LogP contribution is -2.13. The number of Topliss-reactive ketones (excluding diaryl/α,β-unsaturated/α-hetero) is 1. The molecule has 0 bridgehead atoms. The van der Waals surface area contributed by atoms with E-state index in [2.05, 4.69) is 19.1 Å². The smallest absolute Gasteiger partial charge is 0.341 e. The Hall–Kier alpha value is -1.90. The molecule has 3 heteroatoms. The highest BCUT2D eigenvalue weighted by molar-refractivity contribution is 6.19. The number of rotatable bonds is 9. The minimum absolute atomic E-state index is 0.0949. The zero-order valence-electron chi connectivity index (χ0n) is 13.9. The van der Waals surface area contributed by atoms with E-state index in [1.807, 2.05) is 12.1 Å². The number of ketones is 1. The Morgan fingerprint density at radius 3 is 2.27 bits per heavy atom. The third kappa shape index (κ3) is 6.25. The number of carbonyl (C=O) groups excluding carboxylic acids is 2. The minimum Gasteiger partial charge on any atom is -0.462 e. The second kappa shape index (κ2) is 9.93. The molecule has 0 fully saturated rings. The van der Waals surface area contributed by atoms with E-state index in [4.69, 9.17) is 4.74 Å². The summed E-state index contributed by atoms with van der Waals surface area (Å²) in [6.45, 7) is 5.57. The minimum atomic E-state index is -0.557. The van der Waals surface area contributed by atoms with Crippen molar-refractivity contribution in [1.82, 2.24) is 0 Å². The molecule has 0 N–H and O–H groups in total. The van der Waals surface area contributed by atoms with E-state index >= 15 is 0 Å². The van der Waals surface area contributed by atoms with Crippen molar-refractivity contribution in [2.75, 3.05) is 6.61 Å². The van der Waals surface area contributed by atoms with Crippen molar-refractivity contribution in [3.63, 3.8) is 0 Å². The highest BCUT2D eigenvalue weighted by atomic mass is 16.5. The number of benzene rings is 1. The third-order valence-corrected chi connectivity index (χ3v) is 3.48. The van der Waals surface area contributed by atoms with Crippen molar-refractivity contribution in [3.8, 4) is 0 Å². The van der Waals surface area contributed by atoms with Crippen LogP contribution in [0.2, 0.25) is 0 Å². The molecule has 120 valence electrons. The average molecular weight is 302 g/mol. The van der Waals surface area contributed by atoms with Crippen LogP contribution in [0.4, 0.5) is 0 Å². The normalized spacial score (nSPS) is 11.3. The largest absolute Gasteiger partial charge is 0.462 e. The van der Waals surface area contributed by atoms with Crippen LogP contribution in [0.3, 0.4) is 0 Å². The van der Waals surface area contributed by atoms with E-state index in [0.29, 0.717) is 0 Å². The lowest BCUT2D eigenvalue weighted by Gasteiger charge is -2.05. The summed E-state index contributed by atoms with van der Waals surface area (Å²) in [6, 6.07) is 8.00. The van der Waals surface area contributed by atoms with Gasteiger partial charge in [-0.3, -0.25) is 4.79 Å². The lowest BCUT2D eigenvalue weighted by molar-refractivity contribution is -0.139. The molecule has 1 aromatic carbocycles. The van der Waals surface area contributed by atoms with Gasteiger partial charge in [-0.15, -0.1) is 0 Å². The maximum atomic E-state index is 11.7. The first-order chi connectivity index (χ1) is 10.6. The van der Waals surface area contributed by atoms with Gasteiger partial charge in [-0.05, 0) is 43.9 Å². The topological polar surface area (TPSA) is 43.4 Å². The second-order valence-electron chi connectivity index (χ2n) is 5.39. The fraction of sp³-hybridized carbons (Fsp3) is 0.474. The Kier molecular flexibility index (Phi) is 8.19. The molecule has 0 atom stereocenters. The molecule has 3 nitrogen and oxygen atoms in total. The standard InChI is InChI=1S/C19H26O3/c1-4-6-7-8-9-16-10-12-17(13-11-16)14-18(15(3)20)19(21)22-5-2/h10-14H,4-9H2,1-3H3/b18-14+. The molecule has 0 radical (unpaired) electrons. The molecule has 22 heavy (non-hydrogen) atoms. The quantitative estimate of drug-likeness (QED) is 0.224. The summed E-state index contributed by atoms with van der Waals surface area (Å²) in [5.74, 6) is -0.833. The Balaban J connectivity index is 2.73. The summed E-state index contributed by atoms with van der Waals surface area (Å²) in [6.07, 6.45) is 7.65. The predicted molar refractivity (Wildman–Crippen MR) is 89.6 cm³/mol. The molecule has 0 amide bonds. The van der Waals surface area contributed by atoms with E-state index < -0.39 is 5.97 Å². The predicted octanol–water partition coefficient (Wildman–Crippen LogP) is 4.34. The number of aryl methyl sites for hydroxylation is 1. The molecule has 0 aliphatic heterocycles.